The van der Waals surface area contributed by atoms with E-state index in [0.717, 1.165) is 25.3 Å². The van der Waals surface area contributed by atoms with Gasteiger partial charge >= 0.3 is 0 Å². The number of hydrogen-bond acceptors (Lipinski definition) is 3. The van der Waals surface area contributed by atoms with Gasteiger partial charge in [0.1, 0.15) is 0 Å². The van der Waals surface area contributed by atoms with Crippen LogP contribution in [0.25, 0.3) is 0 Å². The Morgan fingerprint density at radius 3 is 2.30 bits per heavy atom. The fourth-order valence-electron chi connectivity index (χ4n) is 2.22. The average Bonchev–Trinajstić information content (AvgIpc) is 3.11. The van der Waals surface area contributed by atoms with Gasteiger partial charge in [-0.2, -0.15) is 0 Å². The molecule has 0 spiro atoms. The molecule has 2 rings (SSSR count). The van der Waals surface area contributed by atoms with Gasteiger partial charge in [0.15, 0.2) is 0 Å². The smallest absolute Gasteiger partial charge is 0.229 e. The van der Waals surface area contributed by atoms with E-state index in [1.54, 1.807) is 0 Å². The van der Waals surface area contributed by atoms with Gasteiger partial charge in [-0.15, -0.1) is 0 Å². The van der Waals surface area contributed by atoms with Crippen molar-refractivity contribution in [2.45, 2.75) is 44.6 Å². The zero-order valence-corrected chi connectivity index (χ0v) is 13.3. The van der Waals surface area contributed by atoms with Gasteiger partial charge in [-0.25, -0.2) is 8.42 Å². The Morgan fingerprint density at radius 2 is 1.80 bits per heavy atom. The third-order valence-corrected chi connectivity index (χ3v) is 4.34. The number of benzene rings is 1. The van der Waals surface area contributed by atoms with Crippen LogP contribution < -0.4 is 10.0 Å². The van der Waals surface area contributed by atoms with Crippen molar-refractivity contribution >= 4 is 15.7 Å². The molecule has 0 radical (unpaired) electrons. The van der Waals surface area contributed by atoms with E-state index >= 15 is 0 Å². The van der Waals surface area contributed by atoms with Crippen molar-refractivity contribution in [3.05, 3.63) is 29.8 Å². The molecule has 0 aliphatic heterocycles. The summed E-state index contributed by atoms with van der Waals surface area (Å²) in [6, 6.07) is 8.40. The molecule has 1 aromatic rings. The number of sulfonamides is 1. The fraction of sp³-hybridized carbons (Fsp3) is 0.600. The lowest BCUT2D eigenvalue weighted by molar-refractivity contribution is 0.456. The van der Waals surface area contributed by atoms with Crippen LogP contribution in [0.2, 0.25) is 0 Å². The summed E-state index contributed by atoms with van der Waals surface area (Å²) in [6.07, 6.45) is 4.86. The summed E-state index contributed by atoms with van der Waals surface area (Å²) in [7, 11) is -3.20. The van der Waals surface area contributed by atoms with Gasteiger partial charge in [-0.3, -0.25) is 4.72 Å². The third-order valence-electron chi connectivity index (χ3n) is 3.73. The molecule has 1 saturated carbocycles. The maximum absolute atomic E-state index is 11.2. The Morgan fingerprint density at radius 1 is 1.20 bits per heavy atom. The van der Waals surface area contributed by atoms with Gasteiger partial charge in [-0.05, 0) is 48.9 Å². The molecule has 0 atom stereocenters. The molecule has 112 valence electrons. The summed E-state index contributed by atoms with van der Waals surface area (Å²) < 4.78 is 24.8. The quantitative estimate of drug-likeness (QED) is 0.812. The summed E-state index contributed by atoms with van der Waals surface area (Å²) in [4.78, 5) is 0. The minimum atomic E-state index is -3.20. The predicted octanol–water partition coefficient (Wildman–Crippen LogP) is 2.48. The lowest BCUT2D eigenvalue weighted by atomic mass is 9.81. The van der Waals surface area contributed by atoms with Crippen LogP contribution in [0.15, 0.2) is 24.3 Å². The van der Waals surface area contributed by atoms with Gasteiger partial charge in [0.2, 0.25) is 10.0 Å². The molecule has 1 aliphatic rings. The summed E-state index contributed by atoms with van der Waals surface area (Å²) in [5.41, 5.74) is 1.93. The maximum atomic E-state index is 11.2. The maximum Gasteiger partial charge on any atom is 0.229 e. The first-order chi connectivity index (χ1) is 9.26. The van der Waals surface area contributed by atoms with Crippen molar-refractivity contribution in [3.8, 4) is 0 Å². The molecule has 20 heavy (non-hydrogen) atoms. The molecule has 1 fully saturated rings. The molecule has 0 saturated heterocycles. The minimum Gasteiger partial charge on any atom is -0.314 e. The molecule has 0 amide bonds. The molecule has 1 aromatic carbocycles. The first kappa shape index (κ1) is 15.3. The van der Waals surface area contributed by atoms with Crippen LogP contribution in [0.4, 0.5) is 5.69 Å². The second kappa shape index (κ2) is 5.74. The molecule has 0 unspecified atom stereocenters. The lowest BCUT2D eigenvalue weighted by Crippen LogP contribution is -2.26. The summed E-state index contributed by atoms with van der Waals surface area (Å²) >= 11 is 0. The summed E-state index contributed by atoms with van der Waals surface area (Å²) in [6.45, 7) is 5.47. The minimum absolute atomic E-state index is 0.0888. The predicted molar refractivity (Wildman–Crippen MR) is 83.6 cm³/mol. The Bertz CT molecular complexity index is 546. The van der Waals surface area contributed by atoms with E-state index in [4.69, 9.17) is 0 Å². The van der Waals surface area contributed by atoms with Gasteiger partial charge in [0, 0.05) is 11.7 Å². The van der Waals surface area contributed by atoms with Crippen molar-refractivity contribution in [2.75, 3.05) is 17.5 Å². The van der Waals surface area contributed by atoms with Crippen molar-refractivity contribution in [3.63, 3.8) is 0 Å². The molecule has 4 nitrogen and oxygen atoms in total. The van der Waals surface area contributed by atoms with Crippen LogP contribution >= 0.6 is 0 Å². The molecule has 0 bridgehead atoms. The van der Waals surface area contributed by atoms with E-state index in [0.29, 0.717) is 5.69 Å². The highest BCUT2D eigenvalue weighted by atomic mass is 32.2. The first-order valence-electron chi connectivity index (χ1n) is 7.08. The number of rotatable bonds is 7. The SMILES string of the molecule is CC(C)(CCNC1CC1)c1ccc(NS(C)(=O)=O)cc1. The van der Waals surface area contributed by atoms with E-state index in [1.807, 2.05) is 24.3 Å². The Kier molecular flexibility index (Phi) is 4.39. The second-order valence-electron chi connectivity index (χ2n) is 6.31. The second-order valence-corrected chi connectivity index (χ2v) is 8.06. The van der Waals surface area contributed by atoms with Gasteiger partial charge < -0.3 is 5.32 Å². The zero-order valence-electron chi connectivity index (χ0n) is 12.4. The first-order valence-corrected chi connectivity index (χ1v) is 8.97. The Labute approximate surface area is 122 Å². The average molecular weight is 296 g/mol. The highest BCUT2D eigenvalue weighted by Gasteiger charge is 2.24. The molecular formula is C15H24N2O2S. The molecular weight excluding hydrogens is 272 g/mol. The van der Waals surface area contributed by atoms with Crippen LogP contribution in [-0.2, 0) is 15.4 Å². The Balaban J connectivity index is 1.95. The highest BCUT2D eigenvalue weighted by molar-refractivity contribution is 7.92. The lowest BCUT2D eigenvalue weighted by Gasteiger charge is -2.25. The number of nitrogens with one attached hydrogen (secondary N) is 2. The summed E-state index contributed by atoms with van der Waals surface area (Å²) in [5.74, 6) is 0. The zero-order chi connectivity index (χ0) is 14.8. The normalized spacial score (nSPS) is 16.1. The number of hydrogen-bond donors (Lipinski definition) is 2. The fourth-order valence-corrected chi connectivity index (χ4v) is 2.79. The van der Waals surface area contributed by atoms with Gasteiger partial charge in [-0.1, -0.05) is 26.0 Å². The van der Waals surface area contributed by atoms with Gasteiger partial charge in [0.05, 0.1) is 6.26 Å². The van der Waals surface area contributed by atoms with Gasteiger partial charge in [0.25, 0.3) is 0 Å². The van der Waals surface area contributed by atoms with Crippen LogP contribution in [0.3, 0.4) is 0 Å². The van der Waals surface area contributed by atoms with E-state index in [-0.39, 0.29) is 5.41 Å². The van der Waals surface area contributed by atoms with Crippen LogP contribution in [0.5, 0.6) is 0 Å². The van der Waals surface area contributed by atoms with E-state index in [9.17, 15) is 8.42 Å². The largest absolute Gasteiger partial charge is 0.314 e. The molecule has 0 heterocycles. The van der Waals surface area contributed by atoms with Crippen LogP contribution in [0, 0.1) is 0 Å². The molecule has 1 aliphatic carbocycles. The highest BCUT2D eigenvalue weighted by Crippen LogP contribution is 2.28. The van der Waals surface area contributed by atoms with E-state index < -0.39 is 10.0 Å². The van der Waals surface area contributed by atoms with Crippen LogP contribution in [-0.4, -0.2) is 27.3 Å². The third kappa shape index (κ3) is 4.80. The monoisotopic (exact) mass is 296 g/mol. The van der Waals surface area contributed by atoms with E-state index in [1.165, 1.54) is 18.4 Å². The van der Waals surface area contributed by atoms with Crippen molar-refractivity contribution in [2.24, 2.45) is 0 Å². The van der Waals surface area contributed by atoms with Crippen molar-refractivity contribution in [1.29, 1.82) is 0 Å². The number of anilines is 1. The van der Waals surface area contributed by atoms with E-state index in [2.05, 4.69) is 23.9 Å². The Hall–Kier alpha value is -1.07. The molecule has 2 N–H and O–H groups in total. The standard InChI is InChI=1S/C15H24N2O2S/c1-15(2,10-11-16-13-8-9-13)12-4-6-14(7-5-12)17-20(3,18)19/h4-7,13,16-17H,8-11H2,1-3H3. The summed E-state index contributed by atoms with van der Waals surface area (Å²) in [5, 5.41) is 3.53. The van der Waals surface area contributed by atoms with Crippen molar-refractivity contribution in [1.82, 2.24) is 5.32 Å². The topological polar surface area (TPSA) is 58.2 Å². The van der Waals surface area contributed by atoms with Crippen molar-refractivity contribution < 1.29 is 8.42 Å². The molecule has 5 heteroatoms. The molecule has 0 aromatic heterocycles. The van der Waals surface area contributed by atoms with Crippen LogP contribution in [0.1, 0.15) is 38.7 Å².